The molecule has 0 heterocycles. The lowest BCUT2D eigenvalue weighted by atomic mass is 10.2. The maximum Gasteiger partial charge on any atom is -0.00997 e. The Kier molecular flexibility index (Phi) is 1.39. The molecule has 0 N–H and O–H groups in total. The molecule has 0 nitrogen and oxygen atoms in total. The molecule has 54 valence electrons. The highest BCUT2D eigenvalue weighted by Gasteiger charge is 2.10. The fourth-order valence-corrected chi connectivity index (χ4v) is 1.44. The molecule has 0 amide bonds. The minimum atomic E-state index is 0.981. The average Bonchev–Trinajstić information content (AvgIpc) is 2.46. The van der Waals surface area contributed by atoms with Crippen molar-refractivity contribution in [1.29, 1.82) is 0 Å². The van der Waals surface area contributed by atoms with Crippen LogP contribution in [0.2, 0.25) is 0 Å². The van der Waals surface area contributed by atoms with Crippen LogP contribution >= 0.6 is 0 Å². The summed E-state index contributed by atoms with van der Waals surface area (Å²) in [5, 5.41) is 0. The first-order valence-electron chi connectivity index (χ1n) is 3.82. The van der Waals surface area contributed by atoms with Crippen molar-refractivity contribution in [3.05, 3.63) is 59.8 Å². The third-order valence-electron chi connectivity index (χ3n) is 1.95. The van der Waals surface area contributed by atoms with E-state index in [1.54, 1.807) is 0 Å². The highest BCUT2D eigenvalue weighted by atomic mass is 14.1. The molecular weight excluding hydrogens is 132 g/mol. The Balaban J connectivity index is 2.26. The Morgan fingerprint density at radius 1 is 1.27 bits per heavy atom. The van der Waals surface area contributed by atoms with Crippen molar-refractivity contribution in [2.45, 2.75) is 6.42 Å². The lowest BCUT2D eigenvalue weighted by Gasteiger charge is -1.87. The molecule has 0 spiro atoms. The highest BCUT2D eigenvalue weighted by molar-refractivity contribution is 5.62. The molecule has 0 aromatic rings. The van der Waals surface area contributed by atoms with E-state index in [4.69, 9.17) is 0 Å². The van der Waals surface area contributed by atoms with Crippen molar-refractivity contribution in [3.8, 4) is 0 Å². The van der Waals surface area contributed by atoms with Gasteiger partial charge in [-0.2, -0.15) is 0 Å². The molecule has 0 heteroatoms. The van der Waals surface area contributed by atoms with E-state index in [1.165, 1.54) is 16.7 Å². The Morgan fingerprint density at radius 2 is 2.18 bits per heavy atom. The quantitative estimate of drug-likeness (QED) is 0.520. The monoisotopic (exact) mass is 142 g/mol. The topological polar surface area (TPSA) is 0 Å². The van der Waals surface area contributed by atoms with Crippen LogP contribution in [0.3, 0.4) is 0 Å². The molecule has 0 aliphatic heterocycles. The van der Waals surface area contributed by atoms with Gasteiger partial charge in [0, 0.05) is 0 Å². The van der Waals surface area contributed by atoms with E-state index in [-0.39, 0.29) is 0 Å². The van der Waals surface area contributed by atoms with E-state index in [9.17, 15) is 0 Å². The standard InChI is InChI=1S/C11H10/c1-2-4-9-7-10-5-3-6-11(10)8-9/h2-3,5-8H,1,4H2. The minimum Gasteiger partial charge on any atom is -0.103 e. The van der Waals surface area contributed by atoms with Crippen molar-refractivity contribution < 1.29 is 0 Å². The first-order valence-corrected chi connectivity index (χ1v) is 3.82. The summed E-state index contributed by atoms with van der Waals surface area (Å²) < 4.78 is 0. The zero-order valence-corrected chi connectivity index (χ0v) is 6.38. The molecule has 0 radical (unpaired) electrons. The van der Waals surface area contributed by atoms with Gasteiger partial charge in [-0.25, -0.2) is 0 Å². The van der Waals surface area contributed by atoms with E-state index in [2.05, 4.69) is 37.0 Å². The second kappa shape index (κ2) is 2.39. The molecule has 0 saturated carbocycles. The van der Waals surface area contributed by atoms with Gasteiger partial charge in [0.2, 0.25) is 0 Å². The predicted molar refractivity (Wildman–Crippen MR) is 48.2 cm³/mol. The van der Waals surface area contributed by atoms with E-state index < -0.39 is 0 Å². The molecule has 0 atom stereocenters. The molecule has 2 aliphatic carbocycles. The van der Waals surface area contributed by atoms with Crippen molar-refractivity contribution in [3.63, 3.8) is 0 Å². The molecule has 0 aromatic heterocycles. The van der Waals surface area contributed by atoms with Crippen LogP contribution in [0.15, 0.2) is 59.8 Å². The van der Waals surface area contributed by atoms with Crippen LogP contribution in [0.4, 0.5) is 0 Å². The van der Waals surface area contributed by atoms with Gasteiger partial charge in [-0.15, -0.1) is 6.58 Å². The van der Waals surface area contributed by atoms with Gasteiger partial charge >= 0.3 is 0 Å². The smallest absolute Gasteiger partial charge is 0.00997 e. The Labute approximate surface area is 66.9 Å². The van der Waals surface area contributed by atoms with Gasteiger partial charge in [-0.3, -0.25) is 0 Å². The second-order valence-corrected chi connectivity index (χ2v) is 2.79. The summed E-state index contributed by atoms with van der Waals surface area (Å²) >= 11 is 0. The van der Waals surface area contributed by atoms with Crippen molar-refractivity contribution >= 4 is 0 Å². The first kappa shape index (κ1) is 6.41. The molecule has 11 heavy (non-hydrogen) atoms. The fraction of sp³-hybridized carbons (Fsp3) is 0.0909. The molecule has 0 bridgehead atoms. The minimum absolute atomic E-state index is 0.981. The lowest BCUT2D eigenvalue weighted by molar-refractivity contribution is 1.31. The third kappa shape index (κ3) is 1.01. The summed E-state index contributed by atoms with van der Waals surface area (Å²) in [7, 11) is 0. The number of rotatable bonds is 2. The second-order valence-electron chi connectivity index (χ2n) is 2.79. The first-order chi connectivity index (χ1) is 5.40. The van der Waals surface area contributed by atoms with Crippen LogP contribution in [-0.2, 0) is 0 Å². The fourth-order valence-electron chi connectivity index (χ4n) is 1.44. The van der Waals surface area contributed by atoms with Gasteiger partial charge in [0.1, 0.15) is 0 Å². The normalized spacial score (nSPS) is 19.1. The number of hydrogen-bond acceptors (Lipinski definition) is 0. The third-order valence-corrected chi connectivity index (χ3v) is 1.95. The molecule has 0 saturated heterocycles. The Hall–Kier alpha value is -1.30. The molecule has 2 rings (SSSR count). The van der Waals surface area contributed by atoms with Crippen LogP contribution in [0.1, 0.15) is 6.42 Å². The van der Waals surface area contributed by atoms with Crippen molar-refractivity contribution in [2.24, 2.45) is 0 Å². The molecule has 0 aromatic carbocycles. The average molecular weight is 142 g/mol. The van der Waals surface area contributed by atoms with Gasteiger partial charge in [0.05, 0.1) is 0 Å². The molecular formula is C11H10. The number of hydrogen-bond donors (Lipinski definition) is 0. The van der Waals surface area contributed by atoms with Crippen LogP contribution in [0, 0.1) is 0 Å². The molecule has 0 unspecified atom stereocenters. The predicted octanol–water partition coefficient (Wildman–Crippen LogP) is 2.93. The summed E-state index contributed by atoms with van der Waals surface area (Å²) in [4.78, 5) is 0. The van der Waals surface area contributed by atoms with Crippen molar-refractivity contribution in [2.75, 3.05) is 0 Å². The summed E-state index contributed by atoms with van der Waals surface area (Å²) in [6.07, 6.45) is 13.7. The zero-order chi connectivity index (χ0) is 7.68. The van der Waals surface area contributed by atoms with Crippen LogP contribution in [0.5, 0.6) is 0 Å². The van der Waals surface area contributed by atoms with Crippen LogP contribution in [0.25, 0.3) is 0 Å². The zero-order valence-electron chi connectivity index (χ0n) is 6.38. The van der Waals surface area contributed by atoms with E-state index >= 15 is 0 Å². The maximum absolute atomic E-state index is 3.71. The summed E-state index contributed by atoms with van der Waals surface area (Å²) in [6, 6.07) is 0. The van der Waals surface area contributed by atoms with Gasteiger partial charge in [-0.05, 0) is 23.1 Å². The Bertz CT molecular complexity index is 309. The molecule has 2 aliphatic rings. The number of fused-ring (bicyclic) bond motifs is 1. The Morgan fingerprint density at radius 3 is 2.91 bits per heavy atom. The summed E-state index contributed by atoms with van der Waals surface area (Å²) in [5.41, 5.74) is 4.06. The van der Waals surface area contributed by atoms with E-state index in [1.807, 2.05) is 6.08 Å². The van der Waals surface area contributed by atoms with E-state index in [0.29, 0.717) is 0 Å². The van der Waals surface area contributed by atoms with Crippen molar-refractivity contribution in [1.82, 2.24) is 0 Å². The van der Waals surface area contributed by atoms with Gasteiger partial charge in [-0.1, -0.05) is 36.5 Å². The highest BCUT2D eigenvalue weighted by Crippen LogP contribution is 2.29. The van der Waals surface area contributed by atoms with Gasteiger partial charge in [0.25, 0.3) is 0 Å². The van der Waals surface area contributed by atoms with Crippen LogP contribution in [-0.4, -0.2) is 0 Å². The SMILES string of the molecule is C=CCC1=CC2=CC=CC2=C1. The summed E-state index contributed by atoms with van der Waals surface area (Å²) in [6.45, 7) is 3.71. The van der Waals surface area contributed by atoms with Gasteiger partial charge < -0.3 is 0 Å². The molecule has 0 fully saturated rings. The summed E-state index contributed by atoms with van der Waals surface area (Å²) in [5.74, 6) is 0. The largest absolute Gasteiger partial charge is 0.103 e. The van der Waals surface area contributed by atoms with Gasteiger partial charge in [0.15, 0.2) is 0 Å². The lowest BCUT2D eigenvalue weighted by Crippen LogP contribution is -1.68. The van der Waals surface area contributed by atoms with Crippen LogP contribution < -0.4 is 0 Å². The maximum atomic E-state index is 3.71. The number of allylic oxidation sites excluding steroid dienone is 9. The van der Waals surface area contributed by atoms with E-state index in [0.717, 1.165) is 6.42 Å².